The van der Waals surface area contributed by atoms with Crippen molar-refractivity contribution in [2.45, 2.75) is 43.6 Å². The molecular formula is C19H21F3N2O2. The number of aliphatic hydroxyl groups is 2. The van der Waals surface area contributed by atoms with Gasteiger partial charge < -0.3 is 15.9 Å². The van der Waals surface area contributed by atoms with E-state index in [9.17, 15) is 19.0 Å². The molecule has 140 valence electrons. The van der Waals surface area contributed by atoms with E-state index in [1.54, 1.807) is 0 Å². The van der Waals surface area contributed by atoms with E-state index < -0.39 is 35.1 Å². The number of benzene rings is 1. The highest BCUT2D eigenvalue weighted by atomic mass is 19.1. The minimum Gasteiger partial charge on any atom is -0.386 e. The summed E-state index contributed by atoms with van der Waals surface area (Å²) >= 11 is 0. The Morgan fingerprint density at radius 1 is 1.15 bits per heavy atom. The minimum absolute atomic E-state index is 0.115. The number of alkyl halides is 1. The third-order valence-corrected chi connectivity index (χ3v) is 4.88. The van der Waals surface area contributed by atoms with Gasteiger partial charge in [-0.25, -0.2) is 18.2 Å². The van der Waals surface area contributed by atoms with Gasteiger partial charge in [0.05, 0.1) is 11.3 Å². The van der Waals surface area contributed by atoms with Gasteiger partial charge in [-0.1, -0.05) is 0 Å². The zero-order valence-corrected chi connectivity index (χ0v) is 14.6. The zero-order valence-electron chi connectivity index (χ0n) is 14.6. The Kier molecular flexibility index (Phi) is 4.37. The van der Waals surface area contributed by atoms with Gasteiger partial charge in [-0.15, -0.1) is 0 Å². The molecule has 26 heavy (non-hydrogen) atoms. The maximum Gasteiger partial charge on any atom is 0.155 e. The van der Waals surface area contributed by atoms with Crippen LogP contribution in [0.3, 0.4) is 0 Å². The number of pyridine rings is 1. The van der Waals surface area contributed by atoms with Gasteiger partial charge >= 0.3 is 0 Å². The van der Waals surface area contributed by atoms with Crippen molar-refractivity contribution in [1.29, 1.82) is 0 Å². The first kappa shape index (κ1) is 18.8. The number of nitrogens with two attached hydrogens (primary N) is 1. The van der Waals surface area contributed by atoms with E-state index in [1.807, 2.05) is 0 Å². The van der Waals surface area contributed by atoms with Crippen LogP contribution in [0.2, 0.25) is 0 Å². The normalized spacial score (nSPS) is 18.5. The number of nitrogens with zero attached hydrogens (tertiary/aromatic N) is 1. The molecule has 0 spiro atoms. The first-order chi connectivity index (χ1) is 12.0. The van der Waals surface area contributed by atoms with Crippen LogP contribution in [0, 0.1) is 11.6 Å². The van der Waals surface area contributed by atoms with Gasteiger partial charge in [-0.3, -0.25) is 0 Å². The molecule has 0 saturated heterocycles. The van der Waals surface area contributed by atoms with Gasteiger partial charge in [0.25, 0.3) is 0 Å². The van der Waals surface area contributed by atoms with E-state index in [4.69, 9.17) is 5.73 Å². The maximum absolute atomic E-state index is 15.0. The van der Waals surface area contributed by atoms with Crippen molar-refractivity contribution < 1.29 is 23.4 Å². The highest BCUT2D eigenvalue weighted by Gasteiger charge is 2.61. The Morgan fingerprint density at radius 3 is 2.19 bits per heavy atom. The standard InChI is InChI=1S/C19H21F3N2O2/c1-17(2,25)13-9-14(19(26,10-23)18(22)7-8-18)24-16(15(13)21)11-3-5-12(20)6-4-11/h3-6,9,25-26H,7-8,10,23H2,1-2H3/t19-/m1/s1. The summed E-state index contributed by atoms with van der Waals surface area (Å²) in [4.78, 5) is 4.12. The van der Waals surface area contributed by atoms with Crippen LogP contribution in [0.1, 0.15) is 37.9 Å². The number of hydrogen-bond donors (Lipinski definition) is 3. The fourth-order valence-corrected chi connectivity index (χ4v) is 3.03. The number of rotatable bonds is 5. The topological polar surface area (TPSA) is 79.4 Å². The lowest BCUT2D eigenvalue weighted by Gasteiger charge is -2.32. The predicted octanol–water partition coefficient (Wildman–Crippen LogP) is 2.90. The fraction of sp³-hybridized carbons (Fsp3) is 0.421. The summed E-state index contributed by atoms with van der Waals surface area (Å²) in [5.41, 5.74) is -0.306. The lowest BCUT2D eigenvalue weighted by molar-refractivity contribution is -0.0520. The molecule has 1 fully saturated rings. The SMILES string of the molecule is CC(C)(O)c1cc([C@](O)(CN)C2(F)CC2)nc(-c2ccc(F)cc2)c1F. The molecule has 2 aromatic rings. The molecule has 1 aromatic heterocycles. The molecular weight excluding hydrogens is 345 g/mol. The number of hydrogen-bond acceptors (Lipinski definition) is 4. The second-order valence-corrected chi connectivity index (χ2v) is 7.31. The summed E-state index contributed by atoms with van der Waals surface area (Å²) in [6.07, 6.45) is 0.229. The molecule has 1 aromatic carbocycles. The molecule has 0 amide bonds. The van der Waals surface area contributed by atoms with E-state index in [1.165, 1.54) is 26.0 Å². The largest absolute Gasteiger partial charge is 0.386 e. The van der Waals surface area contributed by atoms with Crippen LogP contribution in [0.5, 0.6) is 0 Å². The minimum atomic E-state index is -2.10. The number of halogens is 3. The van der Waals surface area contributed by atoms with Crippen molar-refractivity contribution in [3.63, 3.8) is 0 Å². The summed E-state index contributed by atoms with van der Waals surface area (Å²) in [6.45, 7) is 2.29. The van der Waals surface area contributed by atoms with Crippen LogP contribution in [0.15, 0.2) is 30.3 Å². The second-order valence-electron chi connectivity index (χ2n) is 7.31. The van der Waals surface area contributed by atoms with Crippen molar-refractivity contribution in [2.24, 2.45) is 5.73 Å². The zero-order chi connectivity index (χ0) is 19.3. The van der Waals surface area contributed by atoms with E-state index in [0.717, 1.165) is 18.2 Å². The van der Waals surface area contributed by atoms with Crippen molar-refractivity contribution in [3.8, 4) is 11.3 Å². The molecule has 4 N–H and O–H groups in total. The first-order valence-corrected chi connectivity index (χ1v) is 8.33. The quantitative estimate of drug-likeness (QED) is 0.760. The van der Waals surface area contributed by atoms with E-state index in [0.29, 0.717) is 0 Å². The first-order valence-electron chi connectivity index (χ1n) is 8.33. The molecule has 0 unspecified atom stereocenters. The average Bonchev–Trinajstić information content (AvgIpc) is 3.33. The molecule has 1 heterocycles. The molecule has 1 saturated carbocycles. The third-order valence-electron chi connectivity index (χ3n) is 4.88. The molecule has 0 aliphatic heterocycles. The van der Waals surface area contributed by atoms with Gasteiger partial charge in [-0.2, -0.15) is 0 Å². The second kappa shape index (κ2) is 6.04. The third kappa shape index (κ3) is 3.00. The molecule has 1 aliphatic rings. The average molecular weight is 366 g/mol. The summed E-state index contributed by atoms with van der Waals surface area (Å²) in [5.74, 6) is -1.33. The Morgan fingerprint density at radius 2 is 1.73 bits per heavy atom. The Balaban J connectivity index is 2.26. The molecule has 0 bridgehead atoms. The van der Waals surface area contributed by atoms with Crippen molar-refractivity contribution in [2.75, 3.05) is 6.54 Å². The monoisotopic (exact) mass is 366 g/mol. The molecule has 1 aliphatic carbocycles. The van der Waals surface area contributed by atoms with Crippen molar-refractivity contribution >= 4 is 0 Å². The van der Waals surface area contributed by atoms with Crippen LogP contribution in [0.25, 0.3) is 11.3 Å². The summed E-state index contributed by atoms with van der Waals surface area (Å²) < 4.78 is 43.0. The summed E-state index contributed by atoms with van der Waals surface area (Å²) in [6, 6.07) is 6.07. The van der Waals surface area contributed by atoms with E-state index >= 15 is 4.39 Å². The van der Waals surface area contributed by atoms with Gasteiger partial charge in [0.15, 0.2) is 11.4 Å². The smallest absolute Gasteiger partial charge is 0.155 e. The van der Waals surface area contributed by atoms with Crippen molar-refractivity contribution in [1.82, 2.24) is 4.98 Å². The summed E-state index contributed by atoms with van der Waals surface area (Å²) in [7, 11) is 0. The van der Waals surface area contributed by atoms with E-state index in [-0.39, 0.29) is 35.4 Å². The molecule has 3 rings (SSSR count). The highest BCUT2D eigenvalue weighted by Crippen LogP contribution is 2.53. The molecule has 0 radical (unpaired) electrons. The van der Waals surface area contributed by atoms with E-state index in [2.05, 4.69) is 4.98 Å². The van der Waals surface area contributed by atoms with Crippen LogP contribution in [-0.4, -0.2) is 27.4 Å². The van der Waals surface area contributed by atoms with Gasteiger partial charge in [0.2, 0.25) is 0 Å². The fourth-order valence-electron chi connectivity index (χ4n) is 3.03. The van der Waals surface area contributed by atoms with Crippen LogP contribution in [0.4, 0.5) is 13.2 Å². The lowest BCUT2D eigenvalue weighted by Crippen LogP contribution is -2.46. The lowest BCUT2D eigenvalue weighted by atomic mass is 9.87. The van der Waals surface area contributed by atoms with Gasteiger partial charge in [-0.05, 0) is 57.0 Å². The van der Waals surface area contributed by atoms with Crippen LogP contribution in [-0.2, 0) is 11.2 Å². The number of aromatic nitrogens is 1. The molecule has 4 nitrogen and oxygen atoms in total. The predicted molar refractivity (Wildman–Crippen MR) is 90.9 cm³/mol. The Bertz CT molecular complexity index is 830. The molecule has 7 heteroatoms. The Labute approximate surface area is 149 Å². The van der Waals surface area contributed by atoms with Crippen LogP contribution < -0.4 is 5.73 Å². The highest BCUT2D eigenvalue weighted by molar-refractivity contribution is 5.62. The van der Waals surface area contributed by atoms with Crippen LogP contribution >= 0.6 is 0 Å². The Hall–Kier alpha value is -1.96. The summed E-state index contributed by atoms with van der Waals surface area (Å²) in [5, 5.41) is 21.2. The maximum atomic E-state index is 15.0. The van der Waals surface area contributed by atoms with Gasteiger partial charge in [0.1, 0.15) is 17.2 Å². The van der Waals surface area contributed by atoms with Crippen molar-refractivity contribution in [3.05, 3.63) is 53.2 Å². The van der Waals surface area contributed by atoms with Gasteiger partial charge in [0, 0.05) is 17.7 Å². The molecule has 1 atom stereocenters.